The Morgan fingerprint density at radius 3 is 2.46 bits per heavy atom. The first-order valence-corrected chi connectivity index (χ1v) is 10.4. The van der Waals surface area contributed by atoms with Crippen molar-refractivity contribution in [1.82, 2.24) is 15.5 Å². The van der Waals surface area contributed by atoms with Crippen LogP contribution in [0.3, 0.4) is 0 Å². The Morgan fingerprint density at radius 1 is 1.18 bits per heavy atom. The van der Waals surface area contributed by atoms with Crippen molar-refractivity contribution in [3.63, 3.8) is 0 Å². The fraction of sp³-hybridized carbons (Fsp3) is 0.636. The zero-order chi connectivity index (χ0) is 20.8. The first kappa shape index (κ1) is 24.0. The monoisotopic (exact) mass is 390 g/mol. The average Bonchev–Trinajstić information content (AvgIpc) is 2.68. The van der Waals surface area contributed by atoms with Crippen LogP contribution in [0.2, 0.25) is 0 Å². The molecule has 0 fully saturated rings. The number of nitrogens with zero attached hydrogens (tertiary/aromatic N) is 2. The van der Waals surface area contributed by atoms with Gasteiger partial charge in [0, 0.05) is 32.8 Å². The third-order valence-electron chi connectivity index (χ3n) is 4.57. The molecule has 0 aromatic heterocycles. The lowest BCUT2D eigenvalue weighted by atomic mass is 9.94. The molecule has 0 aliphatic rings. The standard InChI is InChI=1S/C22H38N4O2/c1-5-23-22(24-15-20(12-13-27)14-18(3)4)25-16-21(28)26(6-2)17-19-10-8-7-9-11-19/h7-11,18,20,27H,5-6,12-17H2,1-4H3,(H2,23,24,25). The molecule has 0 heterocycles. The summed E-state index contributed by atoms with van der Waals surface area (Å²) < 4.78 is 0. The van der Waals surface area contributed by atoms with E-state index in [-0.39, 0.29) is 19.1 Å². The number of aliphatic hydroxyl groups is 1. The lowest BCUT2D eigenvalue weighted by Crippen LogP contribution is -2.41. The van der Waals surface area contributed by atoms with E-state index in [9.17, 15) is 9.90 Å². The molecule has 0 aliphatic carbocycles. The largest absolute Gasteiger partial charge is 0.396 e. The van der Waals surface area contributed by atoms with Crippen LogP contribution in [-0.2, 0) is 11.3 Å². The van der Waals surface area contributed by atoms with Crippen molar-refractivity contribution < 1.29 is 9.90 Å². The molecule has 0 spiro atoms. The maximum Gasteiger partial charge on any atom is 0.244 e. The second-order valence-corrected chi connectivity index (χ2v) is 7.48. The van der Waals surface area contributed by atoms with Crippen LogP contribution in [0.25, 0.3) is 0 Å². The summed E-state index contributed by atoms with van der Waals surface area (Å²) in [5.41, 5.74) is 1.12. The molecule has 0 radical (unpaired) electrons. The Bertz CT molecular complexity index is 575. The number of carbonyl (C=O) groups is 1. The van der Waals surface area contributed by atoms with Gasteiger partial charge in [-0.25, -0.2) is 4.99 Å². The van der Waals surface area contributed by atoms with Crippen molar-refractivity contribution in [3.8, 4) is 0 Å². The van der Waals surface area contributed by atoms with Crippen molar-refractivity contribution in [1.29, 1.82) is 0 Å². The van der Waals surface area contributed by atoms with E-state index in [2.05, 4.69) is 29.5 Å². The van der Waals surface area contributed by atoms with Gasteiger partial charge in [-0.1, -0.05) is 44.2 Å². The summed E-state index contributed by atoms with van der Waals surface area (Å²) >= 11 is 0. The summed E-state index contributed by atoms with van der Waals surface area (Å²) in [4.78, 5) is 18.9. The zero-order valence-electron chi connectivity index (χ0n) is 17.9. The number of likely N-dealkylation sites (N-methyl/N-ethyl adjacent to an activating group) is 1. The molecular weight excluding hydrogens is 352 g/mol. The van der Waals surface area contributed by atoms with E-state index in [1.807, 2.05) is 49.1 Å². The van der Waals surface area contributed by atoms with Crippen LogP contribution in [0, 0.1) is 11.8 Å². The number of aliphatic imine (C=N–C) groups is 1. The SMILES string of the molecule is CCNC(=NCC(=O)N(CC)Cc1ccccc1)NCC(CCO)CC(C)C. The third kappa shape index (κ3) is 9.74. The fourth-order valence-electron chi connectivity index (χ4n) is 3.16. The first-order valence-electron chi connectivity index (χ1n) is 10.4. The highest BCUT2D eigenvalue weighted by molar-refractivity contribution is 5.84. The molecule has 1 atom stereocenters. The molecule has 0 saturated heterocycles. The number of carbonyl (C=O) groups excluding carboxylic acids is 1. The lowest BCUT2D eigenvalue weighted by molar-refractivity contribution is -0.130. The van der Waals surface area contributed by atoms with Gasteiger partial charge in [0.25, 0.3) is 0 Å². The van der Waals surface area contributed by atoms with Gasteiger partial charge in [0.15, 0.2) is 5.96 Å². The van der Waals surface area contributed by atoms with Crippen molar-refractivity contribution in [2.75, 3.05) is 32.8 Å². The van der Waals surface area contributed by atoms with Crippen LogP contribution >= 0.6 is 0 Å². The van der Waals surface area contributed by atoms with Gasteiger partial charge in [0.05, 0.1) is 0 Å². The maximum atomic E-state index is 12.6. The molecule has 0 bridgehead atoms. The van der Waals surface area contributed by atoms with Gasteiger partial charge in [-0.3, -0.25) is 4.79 Å². The molecule has 1 aromatic rings. The van der Waals surface area contributed by atoms with E-state index in [0.29, 0.717) is 30.9 Å². The summed E-state index contributed by atoms with van der Waals surface area (Å²) in [5.74, 6) is 1.63. The number of benzene rings is 1. The van der Waals surface area contributed by atoms with Crippen LogP contribution in [-0.4, -0.2) is 54.7 Å². The number of guanidine groups is 1. The van der Waals surface area contributed by atoms with Crippen LogP contribution in [0.4, 0.5) is 0 Å². The Morgan fingerprint density at radius 2 is 1.89 bits per heavy atom. The van der Waals surface area contributed by atoms with Gasteiger partial charge >= 0.3 is 0 Å². The number of nitrogens with one attached hydrogen (secondary N) is 2. The highest BCUT2D eigenvalue weighted by atomic mass is 16.3. The van der Waals surface area contributed by atoms with E-state index in [1.54, 1.807) is 0 Å². The van der Waals surface area contributed by atoms with E-state index in [0.717, 1.165) is 31.5 Å². The van der Waals surface area contributed by atoms with Crippen LogP contribution in [0.5, 0.6) is 0 Å². The van der Waals surface area contributed by atoms with E-state index in [1.165, 1.54) is 0 Å². The smallest absolute Gasteiger partial charge is 0.244 e. The van der Waals surface area contributed by atoms with Gasteiger partial charge in [-0.2, -0.15) is 0 Å². The van der Waals surface area contributed by atoms with Crippen LogP contribution in [0.15, 0.2) is 35.3 Å². The molecule has 1 unspecified atom stereocenters. The quantitative estimate of drug-likeness (QED) is 0.379. The summed E-state index contributed by atoms with van der Waals surface area (Å²) in [5, 5.41) is 15.8. The van der Waals surface area contributed by atoms with Crippen LogP contribution in [0.1, 0.15) is 46.1 Å². The molecule has 3 N–H and O–H groups in total. The third-order valence-corrected chi connectivity index (χ3v) is 4.57. The Labute approximate surface area is 170 Å². The highest BCUT2D eigenvalue weighted by Gasteiger charge is 2.14. The number of hydrogen-bond donors (Lipinski definition) is 3. The minimum Gasteiger partial charge on any atom is -0.396 e. The molecule has 1 aromatic carbocycles. The van der Waals surface area contributed by atoms with Crippen molar-refractivity contribution in [3.05, 3.63) is 35.9 Å². The van der Waals surface area contributed by atoms with Crippen LogP contribution < -0.4 is 10.6 Å². The molecular formula is C22H38N4O2. The molecule has 0 saturated carbocycles. The summed E-state index contributed by atoms with van der Waals surface area (Å²) in [6.07, 6.45) is 1.82. The predicted octanol–water partition coefficient (Wildman–Crippen LogP) is 2.63. The Kier molecular flexibility index (Phi) is 12.0. The number of amides is 1. The molecule has 6 heteroatoms. The predicted molar refractivity (Wildman–Crippen MR) is 116 cm³/mol. The zero-order valence-corrected chi connectivity index (χ0v) is 17.9. The van der Waals surface area contributed by atoms with E-state index < -0.39 is 0 Å². The van der Waals surface area contributed by atoms with Gasteiger partial charge in [0.1, 0.15) is 6.54 Å². The van der Waals surface area contributed by atoms with Gasteiger partial charge < -0.3 is 20.6 Å². The van der Waals surface area contributed by atoms with Crippen molar-refractivity contribution in [2.24, 2.45) is 16.8 Å². The van der Waals surface area contributed by atoms with E-state index in [4.69, 9.17) is 0 Å². The molecule has 158 valence electrons. The number of rotatable bonds is 12. The second-order valence-electron chi connectivity index (χ2n) is 7.48. The first-order chi connectivity index (χ1) is 13.5. The topological polar surface area (TPSA) is 77.0 Å². The Balaban J connectivity index is 2.64. The highest BCUT2D eigenvalue weighted by Crippen LogP contribution is 2.14. The van der Waals surface area contributed by atoms with Gasteiger partial charge in [0.2, 0.25) is 5.91 Å². The summed E-state index contributed by atoms with van der Waals surface area (Å²) in [6, 6.07) is 10.0. The van der Waals surface area contributed by atoms with E-state index >= 15 is 0 Å². The average molecular weight is 391 g/mol. The van der Waals surface area contributed by atoms with Gasteiger partial charge in [-0.15, -0.1) is 0 Å². The Hall–Kier alpha value is -2.08. The molecule has 6 nitrogen and oxygen atoms in total. The summed E-state index contributed by atoms with van der Waals surface area (Å²) in [6.45, 7) is 11.4. The van der Waals surface area contributed by atoms with Gasteiger partial charge in [-0.05, 0) is 44.1 Å². The normalized spacial score (nSPS) is 12.7. The number of hydrogen-bond acceptors (Lipinski definition) is 3. The summed E-state index contributed by atoms with van der Waals surface area (Å²) in [7, 11) is 0. The molecule has 0 aliphatic heterocycles. The molecule has 28 heavy (non-hydrogen) atoms. The molecule has 1 rings (SSSR count). The molecule has 1 amide bonds. The second kappa shape index (κ2) is 14.0. The fourth-order valence-corrected chi connectivity index (χ4v) is 3.16. The van der Waals surface area contributed by atoms with Crippen molar-refractivity contribution >= 4 is 11.9 Å². The minimum atomic E-state index is 0.0117. The van der Waals surface area contributed by atoms with Crippen molar-refractivity contribution in [2.45, 2.75) is 47.1 Å². The number of aliphatic hydroxyl groups excluding tert-OH is 1. The maximum absolute atomic E-state index is 12.6. The minimum absolute atomic E-state index is 0.0117. The lowest BCUT2D eigenvalue weighted by Gasteiger charge is -2.22.